The van der Waals surface area contributed by atoms with E-state index in [0.29, 0.717) is 18.9 Å². The summed E-state index contributed by atoms with van der Waals surface area (Å²) in [6.07, 6.45) is 0. The molecule has 0 bridgehead atoms. The third-order valence-electron chi connectivity index (χ3n) is 2.80. The van der Waals surface area contributed by atoms with E-state index in [1.54, 1.807) is 13.0 Å². The minimum atomic E-state index is -0.454. The van der Waals surface area contributed by atoms with E-state index in [4.69, 9.17) is 15.2 Å². The highest BCUT2D eigenvalue weighted by atomic mass is 16.5. The monoisotopic (exact) mass is 274 g/mol. The molecule has 20 heavy (non-hydrogen) atoms. The van der Waals surface area contributed by atoms with E-state index in [1.807, 2.05) is 31.2 Å². The van der Waals surface area contributed by atoms with Gasteiger partial charge in [0.25, 0.3) is 0 Å². The second-order valence-electron chi connectivity index (χ2n) is 4.16. The largest absolute Gasteiger partial charge is 0.493 e. The minimum absolute atomic E-state index is 0.271. The fourth-order valence-corrected chi connectivity index (χ4v) is 1.96. The zero-order valence-electron chi connectivity index (χ0n) is 11.6. The van der Waals surface area contributed by atoms with Gasteiger partial charge in [-0.15, -0.1) is 0 Å². The lowest BCUT2D eigenvalue weighted by Gasteiger charge is -2.08. The van der Waals surface area contributed by atoms with Crippen molar-refractivity contribution in [3.05, 3.63) is 36.0 Å². The van der Waals surface area contributed by atoms with E-state index in [1.165, 1.54) is 0 Å². The van der Waals surface area contributed by atoms with E-state index in [2.05, 4.69) is 4.98 Å². The smallest absolute Gasteiger partial charge is 0.356 e. The lowest BCUT2D eigenvalue weighted by Crippen LogP contribution is -2.07. The summed E-state index contributed by atoms with van der Waals surface area (Å²) >= 11 is 0. The van der Waals surface area contributed by atoms with Crippen LogP contribution < -0.4 is 10.5 Å². The highest BCUT2D eigenvalue weighted by Gasteiger charge is 2.17. The highest BCUT2D eigenvalue weighted by molar-refractivity contribution is 5.95. The van der Waals surface area contributed by atoms with Crippen molar-refractivity contribution < 1.29 is 14.3 Å². The van der Waals surface area contributed by atoms with Gasteiger partial charge in [0, 0.05) is 5.56 Å². The van der Waals surface area contributed by atoms with Crippen LogP contribution in [-0.4, -0.2) is 24.2 Å². The summed E-state index contributed by atoms with van der Waals surface area (Å²) in [6.45, 7) is 4.55. The van der Waals surface area contributed by atoms with Gasteiger partial charge in [0.05, 0.1) is 24.6 Å². The molecule has 5 nitrogen and oxygen atoms in total. The SMILES string of the molecule is CCOC(=O)c1[nH]c(-c2ccccc2OCC)cc1N. The minimum Gasteiger partial charge on any atom is -0.493 e. The van der Waals surface area contributed by atoms with Crippen molar-refractivity contribution >= 4 is 11.7 Å². The maximum atomic E-state index is 11.8. The average Bonchev–Trinajstić information content (AvgIpc) is 2.82. The number of H-pyrrole nitrogens is 1. The number of hydrogen-bond acceptors (Lipinski definition) is 4. The number of ether oxygens (including phenoxy) is 2. The van der Waals surface area contributed by atoms with Crippen LogP contribution in [-0.2, 0) is 4.74 Å². The lowest BCUT2D eigenvalue weighted by molar-refractivity contribution is 0.0521. The van der Waals surface area contributed by atoms with Crippen molar-refractivity contribution in [2.24, 2.45) is 0 Å². The van der Waals surface area contributed by atoms with Gasteiger partial charge in [-0.3, -0.25) is 0 Å². The molecule has 0 radical (unpaired) electrons. The Morgan fingerprint density at radius 1 is 1.25 bits per heavy atom. The molecule has 0 aliphatic rings. The molecular formula is C15H18N2O3. The number of aromatic nitrogens is 1. The van der Waals surface area contributed by atoms with Crippen LogP contribution in [0.2, 0.25) is 0 Å². The molecule has 0 spiro atoms. The molecule has 0 saturated carbocycles. The number of esters is 1. The molecule has 5 heteroatoms. The van der Waals surface area contributed by atoms with Crippen LogP contribution in [0.5, 0.6) is 5.75 Å². The number of nitrogens with one attached hydrogen (secondary N) is 1. The lowest BCUT2D eigenvalue weighted by atomic mass is 10.1. The highest BCUT2D eigenvalue weighted by Crippen LogP contribution is 2.31. The molecule has 0 aliphatic heterocycles. The van der Waals surface area contributed by atoms with Gasteiger partial charge in [-0.1, -0.05) is 12.1 Å². The molecule has 0 atom stereocenters. The molecular weight excluding hydrogens is 256 g/mol. The van der Waals surface area contributed by atoms with Gasteiger partial charge >= 0.3 is 5.97 Å². The summed E-state index contributed by atoms with van der Waals surface area (Å²) in [5.41, 5.74) is 8.09. The molecule has 1 aromatic heterocycles. The van der Waals surface area contributed by atoms with Gasteiger partial charge in [0.2, 0.25) is 0 Å². The van der Waals surface area contributed by atoms with E-state index < -0.39 is 5.97 Å². The second-order valence-corrected chi connectivity index (χ2v) is 4.16. The number of para-hydroxylation sites is 1. The fourth-order valence-electron chi connectivity index (χ4n) is 1.96. The van der Waals surface area contributed by atoms with Crippen LogP contribution in [0.25, 0.3) is 11.3 Å². The molecule has 0 unspecified atom stereocenters. The van der Waals surface area contributed by atoms with Crippen LogP contribution in [0.15, 0.2) is 30.3 Å². The maximum absolute atomic E-state index is 11.8. The summed E-state index contributed by atoms with van der Waals surface area (Å²) in [7, 11) is 0. The summed E-state index contributed by atoms with van der Waals surface area (Å²) in [6, 6.07) is 9.29. The Morgan fingerprint density at radius 2 is 2.00 bits per heavy atom. The Bertz CT molecular complexity index is 605. The summed E-state index contributed by atoms with van der Waals surface area (Å²) in [5.74, 6) is 0.289. The summed E-state index contributed by atoms with van der Waals surface area (Å²) in [4.78, 5) is 14.8. The first-order valence-corrected chi connectivity index (χ1v) is 6.55. The van der Waals surface area contributed by atoms with E-state index in [-0.39, 0.29) is 5.69 Å². The third kappa shape index (κ3) is 2.77. The number of rotatable bonds is 5. The Morgan fingerprint density at radius 3 is 2.70 bits per heavy atom. The zero-order chi connectivity index (χ0) is 14.5. The number of nitrogens with two attached hydrogens (primary N) is 1. The molecule has 0 aliphatic carbocycles. The quantitative estimate of drug-likeness (QED) is 0.822. The van der Waals surface area contributed by atoms with Crippen molar-refractivity contribution in [2.75, 3.05) is 18.9 Å². The number of nitrogen functional groups attached to an aromatic ring is 1. The number of carbonyl (C=O) groups is 1. The van der Waals surface area contributed by atoms with Crippen LogP contribution in [0, 0.1) is 0 Å². The van der Waals surface area contributed by atoms with E-state index in [9.17, 15) is 4.79 Å². The zero-order valence-corrected chi connectivity index (χ0v) is 11.6. The van der Waals surface area contributed by atoms with Gasteiger partial charge in [-0.05, 0) is 32.0 Å². The van der Waals surface area contributed by atoms with Crippen LogP contribution >= 0.6 is 0 Å². The van der Waals surface area contributed by atoms with Gasteiger partial charge in [0.1, 0.15) is 11.4 Å². The Balaban J connectivity index is 2.39. The first-order valence-electron chi connectivity index (χ1n) is 6.55. The molecule has 1 aromatic carbocycles. The first-order chi connectivity index (χ1) is 9.67. The Labute approximate surface area is 117 Å². The normalized spacial score (nSPS) is 10.3. The van der Waals surface area contributed by atoms with Crippen molar-refractivity contribution in [1.29, 1.82) is 0 Å². The summed E-state index contributed by atoms with van der Waals surface area (Å²) in [5, 5.41) is 0. The Hall–Kier alpha value is -2.43. The van der Waals surface area contributed by atoms with Crippen LogP contribution in [0.4, 0.5) is 5.69 Å². The summed E-state index contributed by atoms with van der Waals surface area (Å²) < 4.78 is 10.5. The molecule has 1 heterocycles. The first kappa shape index (κ1) is 14.0. The topological polar surface area (TPSA) is 77.3 Å². The van der Waals surface area contributed by atoms with Crippen molar-refractivity contribution in [3.63, 3.8) is 0 Å². The van der Waals surface area contributed by atoms with Gasteiger partial charge in [-0.25, -0.2) is 4.79 Å². The molecule has 2 aromatic rings. The van der Waals surface area contributed by atoms with Crippen LogP contribution in [0.3, 0.4) is 0 Å². The van der Waals surface area contributed by atoms with Gasteiger partial charge in [0.15, 0.2) is 0 Å². The van der Waals surface area contributed by atoms with Crippen LogP contribution in [0.1, 0.15) is 24.3 Å². The van der Waals surface area contributed by atoms with Gasteiger partial charge in [-0.2, -0.15) is 0 Å². The average molecular weight is 274 g/mol. The standard InChI is InChI=1S/C15H18N2O3/c1-3-19-13-8-6-5-7-10(13)12-9-11(16)14(17-12)15(18)20-4-2/h5-9,17H,3-4,16H2,1-2H3. The molecule has 0 fully saturated rings. The molecule has 0 amide bonds. The molecule has 3 N–H and O–H groups in total. The number of aromatic amines is 1. The number of benzene rings is 1. The molecule has 106 valence electrons. The van der Waals surface area contributed by atoms with E-state index >= 15 is 0 Å². The maximum Gasteiger partial charge on any atom is 0.356 e. The fraction of sp³-hybridized carbons (Fsp3) is 0.267. The number of anilines is 1. The number of carbonyl (C=O) groups excluding carboxylic acids is 1. The second kappa shape index (κ2) is 6.14. The predicted molar refractivity (Wildman–Crippen MR) is 77.8 cm³/mol. The number of hydrogen-bond donors (Lipinski definition) is 2. The Kier molecular flexibility index (Phi) is 4.30. The third-order valence-corrected chi connectivity index (χ3v) is 2.80. The molecule has 0 saturated heterocycles. The van der Waals surface area contributed by atoms with Crippen molar-refractivity contribution in [2.45, 2.75) is 13.8 Å². The van der Waals surface area contributed by atoms with Crippen molar-refractivity contribution in [3.8, 4) is 17.0 Å². The predicted octanol–water partition coefficient (Wildman–Crippen LogP) is 2.84. The van der Waals surface area contributed by atoms with Gasteiger partial charge < -0.3 is 20.2 Å². The van der Waals surface area contributed by atoms with Crippen molar-refractivity contribution in [1.82, 2.24) is 4.98 Å². The molecule has 2 rings (SSSR count). The van der Waals surface area contributed by atoms with E-state index in [0.717, 1.165) is 17.0 Å².